The van der Waals surface area contributed by atoms with Crippen LogP contribution in [0.15, 0.2) is 5.57 Å². The highest BCUT2D eigenvalue weighted by atomic mass is 31.2. The van der Waals surface area contributed by atoms with Crippen molar-refractivity contribution in [2.75, 3.05) is 12.8 Å². The largest absolute Gasteiger partial charge is 0.763 e. The monoisotopic (exact) mass is 285 g/mol. The molecule has 0 saturated carbocycles. The van der Waals surface area contributed by atoms with E-state index in [2.05, 4.69) is 47.4 Å². The number of hydrogen-bond acceptors (Lipinski definition) is 2. The van der Waals surface area contributed by atoms with E-state index in [1.54, 1.807) is 6.92 Å². The fraction of sp³-hybridized carbons (Fsp3) is 0.800. The summed E-state index contributed by atoms with van der Waals surface area (Å²) in [6.45, 7) is 15.4. The van der Waals surface area contributed by atoms with Gasteiger partial charge in [-0.15, -0.1) is 0 Å². The van der Waals surface area contributed by atoms with E-state index in [0.717, 1.165) is 0 Å². The second kappa shape index (κ2) is 7.82. The fourth-order valence-corrected chi connectivity index (χ4v) is 8.39. The van der Waals surface area contributed by atoms with Gasteiger partial charge in [0.05, 0.1) is 35.3 Å². The molecule has 0 aromatic rings. The lowest BCUT2D eigenvalue weighted by Gasteiger charge is -2.38. The van der Waals surface area contributed by atoms with Gasteiger partial charge in [0.25, 0.3) is 0 Å². The van der Waals surface area contributed by atoms with Crippen molar-refractivity contribution in [3.05, 3.63) is 11.0 Å². The predicted octanol–water partition coefficient (Wildman–Crippen LogP) is 3.96. The van der Waals surface area contributed by atoms with Crippen LogP contribution in [-0.2, 0) is 9.53 Å². The number of nitrogens with zero attached hydrogens (tertiary/aromatic N) is 1. The average molecular weight is 285 g/mol. The normalized spacial score (nSPS) is 11.9. The zero-order valence-corrected chi connectivity index (χ0v) is 14.3. The van der Waals surface area contributed by atoms with Gasteiger partial charge in [0.15, 0.2) is 0 Å². The van der Waals surface area contributed by atoms with Crippen LogP contribution >= 0.6 is 7.26 Å². The lowest BCUT2D eigenvalue weighted by atomic mass is 10.3. The molecule has 0 rings (SSSR count). The first-order valence-corrected chi connectivity index (χ1v) is 9.22. The van der Waals surface area contributed by atoms with Crippen molar-refractivity contribution in [3.8, 4) is 0 Å². The van der Waals surface area contributed by atoms with E-state index in [-0.39, 0.29) is 0 Å². The quantitative estimate of drug-likeness (QED) is 0.308. The molecule has 0 bridgehead atoms. The molecule has 4 heteroatoms. The Balaban J connectivity index is 5.44. The van der Waals surface area contributed by atoms with Gasteiger partial charge >= 0.3 is 5.97 Å². The van der Waals surface area contributed by atoms with E-state index in [4.69, 9.17) is 4.74 Å². The van der Waals surface area contributed by atoms with Crippen molar-refractivity contribution in [3.63, 3.8) is 0 Å². The van der Waals surface area contributed by atoms with Crippen molar-refractivity contribution in [1.82, 2.24) is 0 Å². The Labute approximate surface area is 118 Å². The van der Waals surface area contributed by atoms with Gasteiger partial charge in [-0.1, -0.05) is 0 Å². The molecule has 0 amide bonds. The van der Waals surface area contributed by atoms with Crippen molar-refractivity contribution in [2.24, 2.45) is 0 Å². The number of carbonyl (C=O) groups is 1. The minimum Gasteiger partial charge on any atom is -0.763 e. The Kier molecular flexibility index (Phi) is 7.55. The molecule has 0 radical (unpaired) electrons. The van der Waals surface area contributed by atoms with E-state index in [9.17, 15) is 10.2 Å². The molecule has 110 valence electrons. The molecule has 0 fully saturated rings. The first-order valence-electron chi connectivity index (χ1n) is 7.04. The maximum atomic E-state index is 11.9. The van der Waals surface area contributed by atoms with E-state index in [1.807, 2.05) is 0 Å². The van der Waals surface area contributed by atoms with Crippen LogP contribution in [0.3, 0.4) is 0 Å². The lowest BCUT2D eigenvalue weighted by Crippen LogP contribution is -2.28. The standard InChI is InChI=1S/C15H28NO2P/c1-8-18-15(17)14(9-16)10-19(11(2)3,12(4)5)13(6)7/h11-13H,8,10H2,1-7H3. The van der Waals surface area contributed by atoms with Crippen molar-refractivity contribution < 1.29 is 9.53 Å². The van der Waals surface area contributed by atoms with Gasteiger partial charge in [-0.3, -0.25) is 5.87 Å². The maximum absolute atomic E-state index is 11.9. The number of esters is 1. The van der Waals surface area contributed by atoms with Crippen LogP contribution in [0.4, 0.5) is 0 Å². The Morgan fingerprint density at radius 3 is 1.79 bits per heavy atom. The second-order valence-corrected chi connectivity index (χ2v) is 11.1. The van der Waals surface area contributed by atoms with Gasteiger partial charge in [-0.2, -0.15) is 0 Å². The molecule has 0 atom stereocenters. The third-order valence-electron chi connectivity index (χ3n) is 3.97. The highest BCUT2D eigenvalue weighted by molar-refractivity contribution is 7.78. The van der Waals surface area contributed by atoms with Crippen molar-refractivity contribution in [1.29, 1.82) is 0 Å². The predicted molar refractivity (Wildman–Crippen MR) is 85.7 cm³/mol. The highest BCUT2D eigenvalue weighted by Gasteiger charge is 2.48. The molecule has 0 heterocycles. The molecule has 0 aliphatic rings. The molecule has 0 spiro atoms. The lowest BCUT2D eigenvalue weighted by molar-refractivity contribution is -0.138. The summed E-state index contributed by atoms with van der Waals surface area (Å²) >= 11 is 0. The molecule has 0 aliphatic carbocycles. The van der Waals surface area contributed by atoms with E-state index in [0.29, 0.717) is 35.3 Å². The summed E-state index contributed by atoms with van der Waals surface area (Å²) in [4.78, 5) is 11.9. The van der Waals surface area contributed by atoms with E-state index < -0.39 is 13.2 Å². The van der Waals surface area contributed by atoms with Crippen molar-refractivity contribution >= 4 is 19.1 Å². The van der Waals surface area contributed by atoms with Gasteiger partial charge in [0.2, 0.25) is 0 Å². The minimum absolute atomic E-state index is 0.297. The molecular formula is C15H28NO2P. The maximum Gasteiger partial charge on any atom is 0.343 e. The Bertz CT molecular complexity index is 333. The minimum atomic E-state index is -1.42. The summed E-state index contributed by atoms with van der Waals surface area (Å²) in [5.41, 5.74) is 1.81. The number of rotatable bonds is 7. The molecule has 0 saturated heterocycles. The zero-order valence-electron chi connectivity index (χ0n) is 13.4. The second-order valence-electron chi connectivity index (χ2n) is 5.75. The number of carbonyl (C=O) groups excluding carboxylic acids is 1. The summed E-state index contributed by atoms with van der Waals surface area (Å²) in [6.07, 6.45) is 0.606. The van der Waals surface area contributed by atoms with Gasteiger partial charge in [0, 0.05) is 7.26 Å². The van der Waals surface area contributed by atoms with Crippen LogP contribution in [0.5, 0.6) is 0 Å². The first kappa shape index (κ1) is 18.4. The third-order valence-corrected chi connectivity index (χ3v) is 10.6. The molecule has 3 nitrogen and oxygen atoms in total. The van der Waals surface area contributed by atoms with Crippen LogP contribution in [0.25, 0.3) is 5.41 Å². The molecule has 0 N–H and O–H groups in total. The molecule has 0 aliphatic heterocycles. The molecule has 0 unspecified atom stereocenters. The van der Waals surface area contributed by atoms with Crippen LogP contribution < -0.4 is 0 Å². The average Bonchev–Trinajstić information content (AvgIpc) is 2.29. The van der Waals surface area contributed by atoms with E-state index >= 15 is 0 Å². The van der Waals surface area contributed by atoms with Crippen LogP contribution in [-0.4, -0.2) is 41.6 Å². The van der Waals surface area contributed by atoms with Crippen LogP contribution in [0.1, 0.15) is 48.5 Å². The topological polar surface area (TPSA) is 48.6 Å². The first-order chi connectivity index (χ1) is 8.73. The molecule has 0 aromatic carbocycles. The van der Waals surface area contributed by atoms with Gasteiger partial charge in [-0.25, -0.2) is 4.79 Å². The third kappa shape index (κ3) is 4.16. The fourth-order valence-electron chi connectivity index (χ4n) is 2.97. The summed E-state index contributed by atoms with van der Waals surface area (Å²) in [5, 5.41) is 9.26. The summed E-state index contributed by atoms with van der Waals surface area (Å²) in [7, 11) is -1.42. The SMILES string of the molecule is CCOC(=O)C(=C=[N-])C[P+](C(C)C)(C(C)C)C(C)C. The Morgan fingerprint density at radius 1 is 1.11 bits per heavy atom. The van der Waals surface area contributed by atoms with Gasteiger partial charge < -0.3 is 10.1 Å². The molecular weight excluding hydrogens is 257 g/mol. The molecule has 19 heavy (non-hydrogen) atoms. The summed E-state index contributed by atoms with van der Waals surface area (Å²) < 4.78 is 5.00. The molecule has 0 aromatic heterocycles. The smallest absolute Gasteiger partial charge is 0.343 e. The van der Waals surface area contributed by atoms with Crippen molar-refractivity contribution in [2.45, 2.75) is 65.4 Å². The number of hydrogen-bond donors (Lipinski definition) is 0. The zero-order chi connectivity index (χ0) is 15.2. The summed E-state index contributed by atoms with van der Waals surface area (Å²) in [6, 6.07) is 0. The van der Waals surface area contributed by atoms with Gasteiger partial charge in [0.1, 0.15) is 0 Å². The Morgan fingerprint density at radius 2 is 1.53 bits per heavy atom. The van der Waals surface area contributed by atoms with Crippen LogP contribution in [0, 0.1) is 0 Å². The Hall–Kier alpha value is -0.650. The van der Waals surface area contributed by atoms with Crippen LogP contribution in [0.2, 0.25) is 0 Å². The van der Waals surface area contributed by atoms with Gasteiger partial charge in [-0.05, 0) is 48.5 Å². The highest BCUT2D eigenvalue weighted by Crippen LogP contribution is 2.70. The number of ether oxygens (including phenoxy) is 1. The van der Waals surface area contributed by atoms with E-state index in [1.165, 1.54) is 0 Å². The summed E-state index contributed by atoms with van der Waals surface area (Å²) in [5.74, 6) is 1.64.